The maximum atomic E-state index is 11.1. The van der Waals surface area contributed by atoms with E-state index in [0.29, 0.717) is 21.5 Å². The molecule has 7 heteroatoms. The average molecular weight is 339 g/mol. The largest absolute Gasteiger partial charge is 0.468 e. The Morgan fingerprint density at radius 1 is 1.35 bits per heavy atom. The summed E-state index contributed by atoms with van der Waals surface area (Å²) in [5.41, 5.74) is 0.912. The number of rotatable bonds is 5. The number of methoxy groups -OCH3 is 1. The van der Waals surface area contributed by atoms with Crippen LogP contribution in [0.3, 0.4) is 0 Å². The molecule has 0 unspecified atom stereocenters. The number of aromatic nitrogens is 1. The minimum absolute atomic E-state index is 0.0510. The Balaban J connectivity index is 2.34. The van der Waals surface area contributed by atoms with Gasteiger partial charge in [0.15, 0.2) is 6.79 Å². The van der Waals surface area contributed by atoms with E-state index in [0.717, 1.165) is 0 Å². The number of hydrogen-bond donors (Lipinski definition) is 0. The van der Waals surface area contributed by atoms with Gasteiger partial charge in [-0.2, -0.15) is 0 Å². The Labute approximate surface area is 123 Å². The molecule has 0 aliphatic rings. The van der Waals surface area contributed by atoms with Crippen molar-refractivity contribution in [2.75, 3.05) is 13.9 Å². The summed E-state index contributed by atoms with van der Waals surface area (Å²) in [7, 11) is 1.53. The first kappa shape index (κ1) is 14.4. The summed E-state index contributed by atoms with van der Waals surface area (Å²) in [5, 5.41) is 11.1. The quantitative estimate of drug-likeness (QED) is 0.474. The third kappa shape index (κ3) is 3.31. The normalized spacial score (nSPS) is 10.3. The molecule has 6 nitrogen and oxygen atoms in total. The first-order valence-electron chi connectivity index (χ1n) is 5.64. The summed E-state index contributed by atoms with van der Waals surface area (Å²) in [5.74, 6) is 0.621. The van der Waals surface area contributed by atoms with E-state index in [1.54, 1.807) is 24.3 Å². The molecule has 104 valence electrons. The fourth-order valence-electron chi connectivity index (χ4n) is 1.63. The molecule has 0 aliphatic carbocycles. The van der Waals surface area contributed by atoms with E-state index in [1.165, 1.54) is 19.4 Å². The lowest BCUT2D eigenvalue weighted by atomic mass is 10.1. The molecule has 0 spiro atoms. The van der Waals surface area contributed by atoms with Crippen molar-refractivity contribution in [3.63, 3.8) is 0 Å². The molecular weight excluding hydrogens is 328 g/mol. The second-order valence-corrected chi connectivity index (χ2v) is 4.77. The van der Waals surface area contributed by atoms with Crippen LogP contribution in [0.25, 0.3) is 11.3 Å². The van der Waals surface area contributed by atoms with Gasteiger partial charge in [-0.25, -0.2) is 4.98 Å². The molecule has 0 bridgehead atoms. The lowest BCUT2D eigenvalue weighted by molar-refractivity contribution is -0.384. The van der Waals surface area contributed by atoms with Crippen molar-refractivity contribution < 1.29 is 14.4 Å². The Bertz CT molecular complexity index is 616. The number of pyridine rings is 1. The first-order chi connectivity index (χ1) is 9.61. The van der Waals surface area contributed by atoms with Gasteiger partial charge in [-0.3, -0.25) is 10.1 Å². The van der Waals surface area contributed by atoms with Crippen molar-refractivity contribution in [3.05, 3.63) is 51.1 Å². The number of nitrogens with zero attached hydrogens (tertiary/aromatic N) is 2. The van der Waals surface area contributed by atoms with Gasteiger partial charge in [-0.05, 0) is 40.2 Å². The zero-order valence-electron chi connectivity index (χ0n) is 10.6. The van der Waals surface area contributed by atoms with E-state index in [4.69, 9.17) is 9.47 Å². The molecule has 1 aromatic heterocycles. The highest BCUT2D eigenvalue weighted by Gasteiger charge is 2.17. The number of hydrogen-bond acceptors (Lipinski definition) is 5. The van der Waals surface area contributed by atoms with Crippen molar-refractivity contribution in [2.24, 2.45) is 0 Å². The minimum atomic E-state index is -0.456. The second-order valence-electron chi connectivity index (χ2n) is 3.85. The van der Waals surface area contributed by atoms with Gasteiger partial charge in [0.1, 0.15) is 11.4 Å². The molecular formula is C13H11BrN2O4. The fourth-order valence-corrected chi connectivity index (χ4v) is 1.95. The molecule has 20 heavy (non-hydrogen) atoms. The Kier molecular flexibility index (Phi) is 4.65. The predicted octanol–water partition coefficient (Wildman–Crippen LogP) is 3.40. The third-order valence-corrected chi connectivity index (χ3v) is 2.94. The van der Waals surface area contributed by atoms with Crippen LogP contribution in [-0.4, -0.2) is 23.8 Å². The Morgan fingerprint density at radius 2 is 2.05 bits per heavy atom. The fraction of sp³-hybridized carbons (Fsp3) is 0.154. The van der Waals surface area contributed by atoms with Gasteiger partial charge in [0.25, 0.3) is 5.69 Å². The molecule has 2 rings (SSSR count). The van der Waals surface area contributed by atoms with Crippen LogP contribution in [-0.2, 0) is 4.74 Å². The van der Waals surface area contributed by atoms with Crippen LogP contribution >= 0.6 is 15.9 Å². The van der Waals surface area contributed by atoms with Gasteiger partial charge >= 0.3 is 0 Å². The first-order valence-corrected chi connectivity index (χ1v) is 6.43. The van der Waals surface area contributed by atoms with Crippen LogP contribution in [0.5, 0.6) is 5.75 Å². The number of nitro groups is 1. The van der Waals surface area contributed by atoms with Crippen LogP contribution < -0.4 is 4.74 Å². The van der Waals surface area contributed by atoms with Crippen LogP contribution in [0.15, 0.2) is 41.0 Å². The van der Waals surface area contributed by atoms with E-state index < -0.39 is 4.92 Å². The molecule has 1 aromatic carbocycles. The smallest absolute Gasteiger partial charge is 0.296 e. The van der Waals surface area contributed by atoms with Crippen molar-refractivity contribution in [3.8, 4) is 17.0 Å². The molecule has 0 fully saturated rings. The highest BCUT2D eigenvalue weighted by atomic mass is 79.9. The molecule has 0 saturated carbocycles. The average Bonchev–Trinajstić information content (AvgIpc) is 2.45. The summed E-state index contributed by atoms with van der Waals surface area (Å²) in [6.45, 7) is 0.149. The van der Waals surface area contributed by atoms with Gasteiger partial charge in [-0.1, -0.05) is 0 Å². The maximum absolute atomic E-state index is 11.1. The Morgan fingerprint density at radius 3 is 2.65 bits per heavy atom. The SMILES string of the molecule is COCOc1ccc(-c2ncc(Br)cc2[N+](=O)[O-])cc1. The van der Waals surface area contributed by atoms with E-state index in [1.807, 2.05) is 0 Å². The van der Waals surface area contributed by atoms with Crippen LogP contribution in [0.1, 0.15) is 0 Å². The highest BCUT2D eigenvalue weighted by Crippen LogP contribution is 2.30. The third-order valence-electron chi connectivity index (χ3n) is 2.50. The molecule has 0 amide bonds. The van der Waals surface area contributed by atoms with Crippen LogP contribution in [0.2, 0.25) is 0 Å². The van der Waals surface area contributed by atoms with Crippen molar-refractivity contribution in [1.29, 1.82) is 0 Å². The zero-order chi connectivity index (χ0) is 14.5. The second kappa shape index (κ2) is 6.44. The van der Waals surface area contributed by atoms with Gasteiger partial charge in [0.2, 0.25) is 0 Å². The van der Waals surface area contributed by atoms with E-state index in [2.05, 4.69) is 20.9 Å². The summed E-state index contributed by atoms with van der Waals surface area (Å²) in [6.07, 6.45) is 1.53. The van der Waals surface area contributed by atoms with Gasteiger partial charge in [0.05, 0.1) is 4.92 Å². The Hall–Kier alpha value is -1.99. The molecule has 0 radical (unpaired) electrons. The van der Waals surface area contributed by atoms with Crippen molar-refractivity contribution in [1.82, 2.24) is 4.98 Å². The standard InChI is InChI=1S/C13H11BrN2O4/c1-19-8-20-11-4-2-9(3-5-11)13-12(16(17)18)6-10(14)7-15-13/h2-7H,8H2,1H3. The lowest BCUT2D eigenvalue weighted by Crippen LogP contribution is -1.99. The molecule has 0 saturated heterocycles. The van der Waals surface area contributed by atoms with Crippen LogP contribution in [0.4, 0.5) is 5.69 Å². The van der Waals surface area contributed by atoms with Gasteiger partial charge < -0.3 is 9.47 Å². The lowest BCUT2D eigenvalue weighted by Gasteiger charge is -2.06. The van der Waals surface area contributed by atoms with Gasteiger partial charge in [-0.15, -0.1) is 0 Å². The van der Waals surface area contributed by atoms with E-state index >= 15 is 0 Å². The molecule has 2 aromatic rings. The monoisotopic (exact) mass is 338 g/mol. The van der Waals surface area contributed by atoms with Gasteiger partial charge in [0, 0.05) is 29.4 Å². The molecule has 0 N–H and O–H groups in total. The topological polar surface area (TPSA) is 74.5 Å². The maximum Gasteiger partial charge on any atom is 0.296 e. The minimum Gasteiger partial charge on any atom is -0.468 e. The number of benzene rings is 1. The van der Waals surface area contributed by atoms with E-state index in [-0.39, 0.29) is 12.5 Å². The summed E-state index contributed by atoms with van der Waals surface area (Å²) in [6, 6.07) is 8.28. The number of halogens is 1. The predicted molar refractivity (Wildman–Crippen MR) is 76.5 cm³/mol. The summed E-state index contributed by atoms with van der Waals surface area (Å²) in [4.78, 5) is 14.7. The molecule has 0 aliphatic heterocycles. The molecule has 1 heterocycles. The highest BCUT2D eigenvalue weighted by molar-refractivity contribution is 9.10. The van der Waals surface area contributed by atoms with Crippen molar-refractivity contribution >= 4 is 21.6 Å². The van der Waals surface area contributed by atoms with Crippen LogP contribution in [0, 0.1) is 10.1 Å². The summed E-state index contributed by atoms with van der Waals surface area (Å²) >= 11 is 3.18. The molecule has 0 atom stereocenters. The zero-order valence-corrected chi connectivity index (χ0v) is 12.2. The van der Waals surface area contributed by atoms with E-state index in [9.17, 15) is 10.1 Å². The summed E-state index contributed by atoms with van der Waals surface area (Å²) < 4.78 is 10.6. The van der Waals surface area contributed by atoms with Crippen molar-refractivity contribution in [2.45, 2.75) is 0 Å². The number of ether oxygens (including phenoxy) is 2.